The van der Waals surface area contributed by atoms with Gasteiger partial charge >= 0.3 is 0 Å². The normalized spacial score (nSPS) is 14.8. The molecule has 0 saturated carbocycles. The van der Waals surface area contributed by atoms with Gasteiger partial charge in [0, 0.05) is 61.7 Å². The van der Waals surface area contributed by atoms with Gasteiger partial charge in [-0.05, 0) is 76.4 Å². The summed E-state index contributed by atoms with van der Waals surface area (Å²) in [5.41, 5.74) is 13.9. The number of aromatic nitrogens is 1. The van der Waals surface area contributed by atoms with Crippen LogP contribution in [0.3, 0.4) is 0 Å². The van der Waals surface area contributed by atoms with E-state index in [0.717, 1.165) is 34.0 Å². The Morgan fingerprint density at radius 3 is 2.04 bits per heavy atom. The predicted octanol–water partition coefficient (Wildman–Crippen LogP) is 11.9. The number of anilines is 4. The molecule has 0 fully saturated rings. The van der Waals surface area contributed by atoms with Crippen LogP contribution in [-0.2, 0) is 31.9 Å². The monoisotopic (exact) mass is 847 g/mol. The molecule has 4 nitrogen and oxygen atoms in total. The van der Waals surface area contributed by atoms with E-state index in [0.29, 0.717) is 11.5 Å². The SMILES string of the molecule is Cc1ccnc(C2c3[c-]c(Oc4[c-]c(N5[CH-]N(c6cc(C(C)(C)C)cc(C(C)(C)C)c6)c6ccccc65)ccc4)ccc3-c3ccccc32)c1.[Pt]. The molecule has 0 N–H and O–H groups in total. The Labute approximate surface area is 317 Å². The van der Waals surface area contributed by atoms with Gasteiger partial charge in [0.1, 0.15) is 0 Å². The number of rotatable bonds is 5. The minimum atomic E-state index is -0.00256. The van der Waals surface area contributed by atoms with Crippen molar-refractivity contribution in [3.8, 4) is 22.6 Å². The Hall–Kier alpha value is -4.66. The Kier molecular flexibility index (Phi) is 8.96. The van der Waals surface area contributed by atoms with Crippen molar-refractivity contribution in [1.29, 1.82) is 0 Å². The van der Waals surface area contributed by atoms with Gasteiger partial charge < -0.3 is 14.5 Å². The predicted molar refractivity (Wildman–Crippen MR) is 205 cm³/mol. The van der Waals surface area contributed by atoms with Crippen molar-refractivity contribution in [2.45, 2.75) is 65.2 Å². The summed E-state index contributed by atoms with van der Waals surface area (Å²) >= 11 is 0. The maximum atomic E-state index is 6.53. The van der Waals surface area contributed by atoms with E-state index in [1.165, 1.54) is 33.4 Å². The number of pyridine rings is 1. The maximum Gasteiger partial charge on any atom is 0.0504 e. The van der Waals surface area contributed by atoms with Crippen LogP contribution in [0.5, 0.6) is 11.5 Å². The molecule has 0 radical (unpaired) electrons. The molecule has 51 heavy (non-hydrogen) atoms. The van der Waals surface area contributed by atoms with Gasteiger partial charge in [-0.3, -0.25) is 4.98 Å². The van der Waals surface area contributed by atoms with Crippen LogP contribution < -0.4 is 14.5 Å². The van der Waals surface area contributed by atoms with Gasteiger partial charge in [-0.1, -0.05) is 89.6 Å². The summed E-state index contributed by atoms with van der Waals surface area (Å²) in [6.07, 6.45) is 1.89. The van der Waals surface area contributed by atoms with E-state index in [1.807, 2.05) is 30.5 Å². The fourth-order valence-electron chi connectivity index (χ4n) is 7.07. The summed E-state index contributed by atoms with van der Waals surface area (Å²) in [6.45, 7) is 18.0. The number of benzene rings is 5. The Morgan fingerprint density at radius 1 is 0.667 bits per heavy atom. The molecule has 1 aliphatic heterocycles. The van der Waals surface area contributed by atoms with Crippen LogP contribution in [0.1, 0.15) is 81.0 Å². The molecule has 8 rings (SSSR count). The third kappa shape index (κ3) is 6.51. The van der Waals surface area contributed by atoms with Crippen LogP contribution in [0.15, 0.2) is 115 Å². The van der Waals surface area contributed by atoms with E-state index in [2.05, 4.69) is 162 Å². The summed E-state index contributed by atoms with van der Waals surface area (Å²) in [4.78, 5) is 9.29. The first kappa shape index (κ1) is 34.8. The molecular formula is C46H42N3OPt-3. The molecule has 6 aromatic rings. The van der Waals surface area contributed by atoms with Gasteiger partial charge in [0.05, 0.1) is 5.69 Å². The molecule has 1 unspecified atom stereocenters. The quantitative estimate of drug-likeness (QED) is 0.161. The molecule has 0 saturated heterocycles. The first-order valence-corrected chi connectivity index (χ1v) is 17.4. The first-order valence-electron chi connectivity index (χ1n) is 17.4. The van der Waals surface area contributed by atoms with E-state index < -0.39 is 0 Å². The summed E-state index contributed by atoms with van der Waals surface area (Å²) in [7, 11) is 0. The zero-order valence-corrected chi connectivity index (χ0v) is 32.5. The summed E-state index contributed by atoms with van der Waals surface area (Å²) in [5, 5.41) is 0. The number of nitrogens with zero attached hydrogens (tertiary/aromatic N) is 3. The Morgan fingerprint density at radius 2 is 1.33 bits per heavy atom. The topological polar surface area (TPSA) is 28.6 Å². The molecule has 0 spiro atoms. The molecule has 0 amide bonds. The molecule has 5 heteroatoms. The van der Waals surface area contributed by atoms with Gasteiger partial charge in [-0.25, -0.2) is 0 Å². The fourth-order valence-corrected chi connectivity index (χ4v) is 7.07. The zero-order valence-electron chi connectivity index (χ0n) is 30.2. The van der Waals surface area contributed by atoms with E-state index in [9.17, 15) is 0 Å². The standard InChI is InChI=1S/C46H42N3O.Pt/c1-30-21-22-47-41(23-30)44-39-16-9-8-15-37(39)38-20-19-36(28-40(38)44)50-35-14-12-13-33(27-35)48-29-49(43-18-11-10-17-42(43)48)34-25-31(45(2,3)4)24-32(26-34)46(5,6)7;/h8-26,29,44H,1-7H3;/q-3;. The molecule has 1 aromatic heterocycles. The first-order chi connectivity index (χ1) is 23.9. The number of hydrogen-bond donors (Lipinski definition) is 0. The average molecular weight is 848 g/mol. The van der Waals surface area contributed by atoms with E-state index in [-0.39, 0.29) is 37.8 Å². The molecular weight excluding hydrogens is 806 g/mol. The summed E-state index contributed by atoms with van der Waals surface area (Å²) in [6, 6.07) is 45.8. The molecule has 1 aliphatic carbocycles. The van der Waals surface area contributed by atoms with Gasteiger partial charge in [-0.15, -0.1) is 53.8 Å². The fraction of sp³-hybridized carbons (Fsp3) is 0.217. The van der Waals surface area contributed by atoms with Crippen molar-refractivity contribution in [3.05, 3.63) is 168 Å². The van der Waals surface area contributed by atoms with Crippen LogP contribution in [0.2, 0.25) is 0 Å². The number of para-hydroxylation sites is 2. The molecule has 2 aliphatic rings. The second-order valence-corrected chi connectivity index (χ2v) is 15.5. The largest absolute Gasteiger partial charge is 0.509 e. The van der Waals surface area contributed by atoms with E-state index in [1.54, 1.807) is 0 Å². The summed E-state index contributed by atoms with van der Waals surface area (Å²) in [5.74, 6) is 1.29. The molecule has 1 atom stereocenters. The van der Waals surface area contributed by atoms with Crippen LogP contribution in [0, 0.1) is 25.7 Å². The van der Waals surface area contributed by atoms with Crippen molar-refractivity contribution in [2.75, 3.05) is 9.80 Å². The van der Waals surface area contributed by atoms with Gasteiger partial charge in [-0.2, -0.15) is 12.1 Å². The van der Waals surface area contributed by atoms with E-state index >= 15 is 0 Å². The summed E-state index contributed by atoms with van der Waals surface area (Å²) < 4.78 is 6.53. The van der Waals surface area contributed by atoms with Crippen molar-refractivity contribution >= 4 is 22.7 Å². The second-order valence-electron chi connectivity index (χ2n) is 15.5. The van der Waals surface area contributed by atoms with E-state index in [4.69, 9.17) is 9.72 Å². The molecule has 5 aromatic carbocycles. The van der Waals surface area contributed by atoms with Crippen molar-refractivity contribution < 1.29 is 25.8 Å². The Bertz CT molecular complexity index is 2210. The Balaban J connectivity index is 0.00000406. The van der Waals surface area contributed by atoms with Crippen LogP contribution in [0.25, 0.3) is 11.1 Å². The molecule has 0 bridgehead atoms. The smallest absolute Gasteiger partial charge is 0.0504 e. The van der Waals surface area contributed by atoms with Crippen molar-refractivity contribution in [2.24, 2.45) is 0 Å². The van der Waals surface area contributed by atoms with Gasteiger partial charge in [0.15, 0.2) is 0 Å². The minimum absolute atomic E-state index is 0. The second kappa shape index (κ2) is 13.1. The van der Waals surface area contributed by atoms with Crippen molar-refractivity contribution in [1.82, 2.24) is 4.98 Å². The zero-order chi connectivity index (χ0) is 34.8. The average Bonchev–Trinajstić information content (AvgIpc) is 3.64. The van der Waals surface area contributed by atoms with Crippen LogP contribution >= 0.6 is 0 Å². The number of aryl methyl sites for hydroxylation is 1. The molecule has 2 heterocycles. The van der Waals surface area contributed by atoms with Gasteiger partial charge in [0.25, 0.3) is 0 Å². The maximum absolute atomic E-state index is 6.53. The number of hydrogen-bond acceptors (Lipinski definition) is 4. The third-order valence-corrected chi connectivity index (χ3v) is 9.82. The van der Waals surface area contributed by atoms with Crippen LogP contribution in [-0.4, -0.2) is 4.98 Å². The van der Waals surface area contributed by atoms with Gasteiger partial charge in [0.2, 0.25) is 0 Å². The molecule has 260 valence electrons. The van der Waals surface area contributed by atoms with Crippen molar-refractivity contribution in [3.63, 3.8) is 0 Å². The third-order valence-electron chi connectivity index (χ3n) is 9.82. The van der Waals surface area contributed by atoms with Crippen LogP contribution in [0.4, 0.5) is 22.7 Å². The number of fused-ring (bicyclic) bond motifs is 4. The minimum Gasteiger partial charge on any atom is -0.509 e. The number of ether oxygens (including phenoxy) is 1.